The van der Waals surface area contributed by atoms with Crippen LogP contribution in [0.3, 0.4) is 0 Å². The van der Waals surface area contributed by atoms with Gasteiger partial charge in [0.05, 0.1) is 19.0 Å². The zero-order valence-corrected chi connectivity index (χ0v) is 6.31. The van der Waals surface area contributed by atoms with E-state index < -0.39 is 5.97 Å². The van der Waals surface area contributed by atoms with Crippen LogP contribution >= 0.6 is 0 Å². The van der Waals surface area contributed by atoms with Crippen LogP contribution in [0.5, 0.6) is 6.01 Å². The van der Waals surface area contributed by atoms with Gasteiger partial charge in [0, 0.05) is 0 Å². The molecule has 0 radical (unpaired) electrons. The highest BCUT2D eigenvalue weighted by Gasteiger charge is 2.11. The highest BCUT2D eigenvalue weighted by Crippen LogP contribution is 2.10. The number of nitrogen functional groups attached to an aromatic ring is 1. The Bertz CT molecular complexity index is 313. The minimum atomic E-state index is -1.20. The number of hydrogen-bond donors (Lipinski definition) is 2. The average Bonchev–Trinajstić information content (AvgIpc) is 2.05. The Morgan fingerprint density at radius 2 is 2.42 bits per heavy atom. The van der Waals surface area contributed by atoms with Gasteiger partial charge >= 0.3 is 12.0 Å². The van der Waals surface area contributed by atoms with Crippen LogP contribution in [0.25, 0.3) is 0 Å². The zero-order chi connectivity index (χ0) is 9.14. The van der Waals surface area contributed by atoms with Crippen LogP contribution in [0.4, 0.5) is 5.69 Å². The van der Waals surface area contributed by atoms with Crippen molar-refractivity contribution in [3.8, 4) is 6.01 Å². The molecular weight excluding hydrogens is 162 g/mol. The maximum absolute atomic E-state index is 10.5. The molecule has 6 heteroatoms. The standard InChI is InChI=1S/C6H7N3O3/c1-12-6-8-2-3(7)4(9-6)5(10)11/h2H,7H2,1H3,(H,10,11). The fraction of sp³-hybridized carbons (Fsp3) is 0.167. The molecule has 0 fully saturated rings. The molecular formula is C6H7N3O3. The normalized spacial score (nSPS) is 9.42. The molecule has 0 spiro atoms. The third-order valence-corrected chi connectivity index (χ3v) is 1.18. The number of anilines is 1. The van der Waals surface area contributed by atoms with Crippen LogP contribution in [0.1, 0.15) is 10.5 Å². The molecule has 0 saturated carbocycles. The third-order valence-electron chi connectivity index (χ3n) is 1.18. The molecule has 12 heavy (non-hydrogen) atoms. The fourth-order valence-electron chi connectivity index (χ4n) is 0.645. The SMILES string of the molecule is COc1ncc(N)c(C(=O)O)n1. The van der Waals surface area contributed by atoms with Crippen LogP contribution in [0.15, 0.2) is 6.20 Å². The van der Waals surface area contributed by atoms with Crippen molar-refractivity contribution in [1.29, 1.82) is 0 Å². The minimum absolute atomic E-state index is 0.0124. The van der Waals surface area contributed by atoms with Crippen molar-refractivity contribution < 1.29 is 14.6 Å². The van der Waals surface area contributed by atoms with E-state index in [0.29, 0.717) is 0 Å². The molecule has 1 heterocycles. The van der Waals surface area contributed by atoms with Crippen molar-refractivity contribution in [2.75, 3.05) is 12.8 Å². The first kappa shape index (κ1) is 8.25. The van der Waals surface area contributed by atoms with E-state index >= 15 is 0 Å². The predicted octanol–water partition coefficient (Wildman–Crippen LogP) is -0.234. The Kier molecular flexibility index (Phi) is 2.09. The van der Waals surface area contributed by atoms with Crippen LogP contribution in [0.2, 0.25) is 0 Å². The molecule has 0 aliphatic carbocycles. The summed E-state index contributed by atoms with van der Waals surface area (Å²) in [5.74, 6) is -1.20. The number of rotatable bonds is 2. The summed E-state index contributed by atoms with van der Waals surface area (Å²) in [7, 11) is 1.34. The number of nitrogens with zero attached hydrogens (tertiary/aromatic N) is 2. The van der Waals surface area contributed by atoms with Crippen molar-refractivity contribution in [2.45, 2.75) is 0 Å². The maximum atomic E-state index is 10.5. The fourth-order valence-corrected chi connectivity index (χ4v) is 0.645. The number of methoxy groups -OCH3 is 1. The molecule has 0 saturated heterocycles. The van der Waals surface area contributed by atoms with Gasteiger partial charge in [-0.25, -0.2) is 9.78 Å². The van der Waals surface area contributed by atoms with Gasteiger partial charge < -0.3 is 15.6 Å². The van der Waals surface area contributed by atoms with Gasteiger partial charge in [0.1, 0.15) is 0 Å². The first-order valence-electron chi connectivity index (χ1n) is 3.05. The maximum Gasteiger partial charge on any atom is 0.356 e. The van der Waals surface area contributed by atoms with Gasteiger partial charge in [0.2, 0.25) is 0 Å². The second-order valence-corrected chi connectivity index (χ2v) is 1.97. The molecule has 0 atom stereocenters. The highest BCUT2D eigenvalue weighted by molar-refractivity contribution is 5.91. The largest absolute Gasteiger partial charge is 0.476 e. The molecule has 64 valence electrons. The lowest BCUT2D eigenvalue weighted by molar-refractivity contribution is 0.0690. The molecule has 0 amide bonds. The second-order valence-electron chi connectivity index (χ2n) is 1.97. The van der Waals surface area contributed by atoms with E-state index in [0.717, 1.165) is 0 Å². The highest BCUT2D eigenvalue weighted by atomic mass is 16.5. The Hall–Kier alpha value is -1.85. The quantitative estimate of drug-likeness (QED) is 0.634. The van der Waals surface area contributed by atoms with Crippen molar-refractivity contribution in [1.82, 2.24) is 9.97 Å². The topological polar surface area (TPSA) is 98.3 Å². The summed E-state index contributed by atoms with van der Waals surface area (Å²) in [6.07, 6.45) is 1.19. The molecule has 0 aromatic carbocycles. The zero-order valence-electron chi connectivity index (χ0n) is 6.31. The van der Waals surface area contributed by atoms with E-state index in [1.165, 1.54) is 13.3 Å². The molecule has 3 N–H and O–H groups in total. The van der Waals surface area contributed by atoms with Gasteiger partial charge in [-0.3, -0.25) is 0 Å². The molecule has 0 unspecified atom stereocenters. The predicted molar refractivity (Wildman–Crippen MR) is 40.0 cm³/mol. The Morgan fingerprint density at radius 3 is 2.92 bits per heavy atom. The summed E-state index contributed by atoms with van der Waals surface area (Å²) in [6.45, 7) is 0. The van der Waals surface area contributed by atoms with E-state index in [2.05, 4.69) is 14.7 Å². The Labute approximate surface area is 68.0 Å². The van der Waals surface area contributed by atoms with Crippen LogP contribution in [-0.4, -0.2) is 28.2 Å². The molecule has 0 aliphatic heterocycles. The molecule has 1 rings (SSSR count). The smallest absolute Gasteiger partial charge is 0.356 e. The van der Waals surface area contributed by atoms with E-state index in [-0.39, 0.29) is 17.4 Å². The van der Waals surface area contributed by atoms with E-state index in [4.69, 9.17) is 10.8 Å². The molecule has 1 aromatic heterocycles. The lowest BCUT2D eigenvalue weighted by Crippen LogP contribution is -2.07. The Morgan fingerprint density at radius 1 is 1.75 bits per heavy atom. The van der Waals surface area contributed by atoms with Crippen molar-refractivity contribution in [2.24, 2.45) is 0 Å². The monoisotopic (exact) mass is 169 g/mol. The molecule has 1 aromatic rings. The van der Waals surface area contributed by atoms with Gasteiger partial charge in [-0.15, -0.1) is 0 Å². The molecule has 0 aliphatic rings. The summed E-state index contributed by atoms with van der Waals surface area (Å²) in [4.78, 5) is 17.6. The van der Waals surface area contributed by atoms with Crippen LogP contribution in [-0.2, 0) is 0 Å². The summed E-state index contributed by atoms with van der Waals surface area (Å²) in [6, 6.07) is -0.0124. The lowest BCUT2D eigenvalue weighted by atomic mass is 10.3. The van der Waals surface area contributed by atoms with E-state index in [1.807, 2.05) is 0 Å². The number of aromatic carboxylic acids is 1. The van der Waals surface area contributed by atoms with Crippen molar-refractivity contribution in [3.63, 3.8) is 0 Å². The third kappa shape index (κ3) is 1.42. The summed E-state index contributed by atoms with van der Waals surface area (Å²) < 4.78 is 4.62. The minimum Gasteiger partial charge on any atom is -0.476 e. The van der Waals surface area contributed by atoms with Gasteiger partial charge in [0.15, 0.2) is 5.69 Å². The summed E-state index contributed by atoms with van der Waals surface area (Å²) in [5.41, 5.74) is 5.05. The second kappa shape index (κ2) is 3.04. The molecule has 6 nitrogen and oxygen atoms in total. The average molecular weight is 169 g/mol. The number of aromatic nitrogens is 2. The Balaban J connectivity index is 3.17. The first-order valence-corrected chi connectivity index (χ1v) is 3.05. The number of carboxylic acid groups (broad SMARTS) is 1. The van der Waals surface area contributed by atoms with Crippen molar-refractivity contribution in [3.05, 3.63) is 11.9 Å². The van der Waals surface area contributed by atoms with E-state index in [9.17, 15) is 4.79 Å². The number of carboxylic acids is 1. The van der Waals surface area contributed by atoms with E-state index in [1.54, 1.807) is 0 Å². The first-order chi connectivity index (χ1) is 5.65. The van der Waals surface area contributed by atoms with Gasteiger partial charge in [0.25, 0.3) is 0 Å². The van der Waals surface area contributed by atoms with Crippen LogP contribution < -0.4 is 10.5 Å². The lowest BCUT2D eigenvalue weighted by Gasteiger charge is -2.00. The summed E-state index contributed by atoms with van der Waals surface area (Å²) >= 11 is 0. The number of ether oxygens (including phenoxy) is 1. The molecule has 0 bridgehead atoms. The van der Waals surface area contributed by atoms with Gasteiger partial charge in [-0.05, 0) is 0 Å². The number of nitrogens with two attached hydrogens (primary N) is 1. The van der Waals surface area contributed by atoms with Crippen LogP contribution in [0, 0.1) is 0 Å². The van der Waals surface area contributed by atoms with Gasteiger partial charge in [-0.1, -0.05) is 0 Å². The number of carbonyl (C=O) groups is 1. The number of hydrogen-bond acceptors (Lipinski definition) is 5. The summed E-state index contributed by atoms with van der Waals surface area (Å²) in [5, 5.41) is 8.56. The van der Waals surface area contributed by atoms with Crippen molar-refractivity contribution >= 4 is 11.7 Å². The van der Waals surface area contributed by atoms with Gasteiger partial charge in [-0.2, -0.15) is 4.98 Å².